The van der Waals surface area contributed by atoms with Crippen LogP contribution in [0.15, 0.2) is 76.7 Å². The highest BCUT2D eigenvalue weighted by atomic mass is 79.9. The molecule has 0 saturated heterocycles. The maximum absolute atomic E-state index is 13.9. The van der Waals surface area contributed by atoms with Gasteiger partial charge in [0.25, 0.3) is 5.56 Å². The number of benzene rings is 1. The van der Waals surface area contributed by atoms with Gasteiger partial charge in [-0.05, 0) is 78.3 Å². The number of furan rings is 1. The summed E-state index contributed by atoms with van der Waals surface area (Å²) >= 11 is 6.01. The van der Waals surface area contributed by atoms with Crippen LogP contribution >= 0.6 is 39.0 Å². The normalized spacial score (nSPS) is 16.2. The van der Waals surface area contributed by atoms with E-state index in [-0.39, 0.29) is 24.5 Å². The molecule has 0 radical (unpaired) electrons. The molecule has 4 aromatic rings. The predicted octanol–water partition coefficient (Wildman–Crippen LogP) is 4.13. The molecule has 40 heavy (non-hydrogen) atoms. The van der Waals surface area contributed by atoms with Crippen LogP contribution in [0.3, 0.4) is 0 Å². The van der Waals surface area contributed by atoms with Crippen LogP contribution in [-0.4, -0.2) is 33.9 Å². The van der Waals surface area contributed by atoms with Crippen LogP contribution in [0.4, 0.5) is 0 Å². The van der Waals surface area contributed by atoms with Crippen molar-refractivity contribution in [3.05, 3.63) is 89.0 Å². The van der Waals surface area contributed by atoms with Gasteiger partial charge in [0, 0.05) is 18.0 Å². The minimum Gasteiger partial charge on any atom is -0.463 e. The standard InChI is InChI=1S/C27H21BrN4O6S2/c1-4-35-24(34)21-14(3)31-27-32(22(21)15-5-6-18-19(9-15)37-12-36-18)23(33)20(39-27)11-16-10-17(28)25(38-16)40-26-29-8-7-13(2)30-26/h5-11,22H,4,12H2,1-3H3/b20-11+/t22-/m0/s1. The average Bonchev–Trinajstić information content (AvgIpc) is 3.60. The number of hydrogen-bond acceptors (Lipinski definition) is 11. The Morgan fingerprint density at radius 3 is 2.88 bits per heavy atom. The molecular formula is C27H21BrN4O6S2. The summed E-state index contributed by atoms with van der Waals surface area (Å²) in [4.78, 5) is 40.7. The lowest BCUT2D eigenvalue weighted by atomic mass is 9.95. The topological polar surface area (TPSA) is 118 Å². The third-order valence-electron chi connectivity index (χ3n) is 6.13. The van der Waals surface area contributed by atoms with Gasteiger partial charge < -0.3 is 18.6 Å². The molecule has 2 aliphatic heterocycles. The number of rotatable bonds is 6. The largest absolute Gasteiger partial charge is 0.463 e. The van der Waals surface area contributed by atoms with Crippen molar-refractivity contribution in [3.63, 3.8) is 0 Å². The van der Waals surface area contributed by atoms with E-state index in [2.05, 4.69) is 30.9 Å². The molecule has 204 valence electrons. The van der Waals surface area contributed by atoms with Crippen molar-refractivity contribution in [1.82, 2.24) is 14.5 Å². The summed E-state index contributed by atoms with van der Waals surface area (Å²) in [5.74, 6) is 1.08. The predicted molar refractivity (Wildman–Crippen MR) is 150 cm³/mol. The number of aromatic nitrogens is 3. The Balaban J connectivity index is 1.44. The fraction of sp³-hybridized carbons (Fsp3) is 0.222. The number of thiazole rings is 1. The van der Waals surface area contributed by atoms with E-state index >= 15 is 0 Å². The lowest BCUT2D eigenvalue weighted by molar-refractivity contribution is -0.139. The minimum atomic E-state index is -0.764. The second-order valence-electron chi connectivity index (χ2n) is 8.78. The third-order valence-corrected chi connectivity index (χ3v) is 8.84. The van der Waals surface area contributed by atoms with Gasteiger partial charge in [0.15, 0.2) is 26.5 Å². The molecule has 5 heterocycles. The van der Waals surface area contributed by atoms with E-state index in [0.717, 1.165) is 5.69 Å². The van der Waals surface area contributed by atoms with Crippen LogP contribution in [0, 0.1) is 6.92 Å². The molecule has 1 aromatic carbocycles. The number of carbonyl (C=O) groups excluding carboxylic acids is 1. The molecule has 0 saturated carbocycles. The molecule has 0 bridgehead atoms. The van der Waals surface area contributed by atoms with Gasteiger partial charge in [-0.15, -0.1) is 0 Å². The maximum Gasteiger partial charge on any atom is 0.338 e. The van der Waals surface area contributed by atoms with Crippen molar-refractivity contribution in [2.75, 3.05) is 13.4 Å². The van der Waals surface area contributed by atoms with E-state index in [1.165, 1.54) is 27.7 Å². The van der Waals surface area contributed by atoms with E-state index < -0.39 is 12.0 Å². The van der Waals surface area contributed by atoms with E-state index in [4.69, 9.17) is 18.6 Å². The van der Waals surface area contributed by atoms with Crippen LogP contribution in [0.5, 0.6) is 11.5 Å². The number of hydrogen-bond donors (Lipinski definition) is 0. The third kappa shape index (κ3) is 4.88. The second kappa shape index (κ2) is 10.7. The molecule has 2 aliphatic rings. The average molecular weight is 642 g/mol. The Kier molecular flexibility index (Phi) is 7.11. The first kappa shape index (κ1) is 26.5. The summed E-state index contributed by atoms with van der Waals surface area (Å²) in [6.07, 6.45) is 3.35. The fourth-order valence-corrected chi connectivity index (χ4v) is 6.73. The van der Waals surface area contributed by atoms with E-state index in [1.807, 2.05) is 19.1 Å². The number of allylic oxidation sites excluding steroid dienone is 1. The number of esters is 1. The Hall–Kier alpha value is -3.68. The molecule has 0 N–H and O–H groups in total. The number of ether oxygens (including phenoxy) is 3. The van der Waals surface area contributed by atoms with Crippen LogP contribution in [-0.2, 0) is 9.53 Å². The zero-order valence-corrected chi connectivity index (χ0v) is 24.7. The molecule has 1 atom stereocenters. The first-order valence-electron chi connectivity index (χ1n) is 12.2. The molecular weight excluding hydrogens is 620 g/mol. The molecule has 6 rings (SSSR count). The quantitative estimate of drug-likeness (QED) is 0.226. The van der Waals surface area contributed by atoms with E-state index in [0.29, 0.717) is 52.6 Å². The van der Waals surface area contributed by atoms with E-state index in [9.17, 15) is 9.59 Å². The van der Waals surface area contributed by atoms with Crippen molar-refractivity contribution in [2.24, 2.45) is 4.99 Å². The van der Waals surface area contributed by atoms with Gasteiger partial charge in [-0.25, -0.2) is 19.8 Å². The monoisotopic (exact) mass is 640 g/mol. The number of halogens is 1. The molecule has 0 unspecified atom stereocenters. The number of fused-ring (bicyclic) bond motifs is 2. The van der Waals surface area contributed by atoms with Gasteiger partial charge in [-0.1, -0.05) is 17.4 Å². The van der Waals surface area contributed by atoms with Crippen LogP contribution in [0.2, 0.25) is 0 Å². The summed E-state index contributed by atoms with van der Waals surface area (Å²) in [7, 11) is 0. The van der Waals surface area contributed by atoms with Crippen molar-refractivity contribution < 1.29 is 23.4 Å². The Bertz CT molecular complexity index is 1880. The van der Waals surface area contributed by atoms with Gasteiger partial charge >= 0.3 is 5.97 Å². The Morgan fingerprint density at radius 1 is 1.25 bits per heavy atom. The Labute approximate surface area is 244 Å². The number of carbonyl (C=O) groups is 1. The molecule has 10 nitrogen and oxygen atoms in total. The van der Waals surface area contributed by atoms with Crippen LogP contribution in [0.1, 0.15) is 36.9 Å². The van der Waals surface area contributed by atoms with Crippen molar-refractivity contribution >= 4 is 51.1 Å². The highest BCUT2D eigenvalue weighted by Crippen LogP contribution is 2.38. The molecule has 3 aromatic heterocycles. The van der Waals surface area contributed by atoms with Crippen LogP contribution < -0.4 is 24.4 Å². The SMILES string of the molecule is CCOC(=O)C1=C(C)N=c2s/c(=C/c3cc(Br)c(Sc4nccc(C)n4)o3)c(=O)n2[C@H]1c1ccc2c(c1)OCO2. The van der Waals surface area contributed by atoms with Gasteiger partial charge in [-0.3, -0.25) is 9.36 Å². The smallest absolute Gasteiger partial charge is 0.338 e. The summed E-state index contributed by atoms with van der Waals surface area (Å²) < 4.78 is 25.0. The van der Waals surface area contributed by atoms with Gasteiger partial charge in [0.2, 0.25) is 6.79 Å². The zero-order valence-electron chi connectivity index (χ0n) is 21.5. The lowest BCUT2D eigenvalue weighted by Gasteiger charge is -2.24. The first-order chi connectivity index (χ1) is 19.3. The van der Waals surface area contributed by atoms with Gasteiger partial charge in [0.1, 0.15) is 5.76 Å². The van der Waals surface area contributed by atoms with E-state index in [1.54, 1.807) is 44.3 Å². The minimum absolute atomic E-state index is 0.107. The summed E-state index contributed by atoms with van der Waals surface area (Å²) in [5.41, 5.74) is 1.97. The first-order valence-corrected chi connectivity index (χ1v) is 14.6. The summed E-state index contributed by atoms with van der Waals surface area (Å²) in [6.45, 7) is 5.66. The molecule has 0 aliphatic carbocycles. The number of aryl methyl sites for hydroxylation is 1. The zero-order chi connectivity index (χ0) is 28.0. The molecule has 0 fully saturated rings. The van der Waals surface area contributed by atoms with Crippen molar-refractivity contribution in [3.8, 4) is 11.5 Å². The highest BCUT2D eigenvalue weighted by Gasteiger charge is 2.34. The Morgan fingerprint density at radius 2 is 2.08 bits per heavy atom. The molecule has 0 spiro atoms. The number of nitrogens with zero attached hydrogens (tertiary/aromatic N) is 4. The summed E-state index contributed by atoms with van der Waals surface area (Å²) in [6, 6.07) is 8.19. The molecule has 0 amide bonds. The van der Waals surface area contributed by atoms with Gasteiger partial charge in [0.05, 0.1) is 32.9 Å². The van der Waals surface area contributed by atoms with Gasteiger partial charge in [-0.2, -0.15) is 0 Å². The maximum atomic E-state index is 13.9. The summed E-state index contributed by atoms with van der Waals surface area (Å²) in [5, 5.41) is 1.11. The van der Waals surface area contributed by atoms with Crippen molar-refractivity contribution in [1.29, 1.82) is 0 Å². The van der Waals surface area contributed by atoms with Crippen LogP contribution in [0.25, 0.3) is 6.08 Å². The lowest BCUT2D eigenvalue weighted by Crippen LogP contribution is -2.39. The van der Waals surface area contributed by atoms with Crippen molar-refractivity contribution in [2.45, 2.75) is 37.1 Å². The second-order valence-corrected chi connectivity index (χ2v) is 11.6. The highest BCUT2D eigenvalue weighted by molar-refractivity contribution is 9.10. The fourth-order valence-electron chi connectivity index (χ4n) is 4.39. The molecule has 13 heteroatoms.